The van der Waals surface area contributed by atoms with Gasteiger partial charge in [-0.25, -0.2) is 9.37 Å². The monoisotopic (exact) mass is 393 g/mol. The molecule has 0 saturated heterocycles. The minimum atomic E-state index is -0.402. The van der Waals surface area contributed by atoms with Gasteiger partial charge in [0.25, 0.3) is 5.91 Å². The average Bonchev–Trinajstić information content (AvgIpc) is 3.23. The molecule has 8 heteroatoms. The van der Waals surface area contributed by atoms with E-state index in [1.807, 2.05) is 12.1 Å². The molecule has 3 heterocycles. The number of halogens is 1. The second-order valence-corrected chi connectivity index (χ2v) is 6.81. The van der Waals surface area contributed by atoms with Crippen LogP contribution in [0.4, 0.5) is 4.39 Å². The molecule has 1 unspecified atom stereocenters. The van der Waals surface area contributed by atoms with Crippen molar-refractivity contribution in [2.75, 3.05) is 13.1 Å². The van der Waals surface area contributed by atoms with Gasteiger partial charge in [0.05, 0.1) is 12.0 Å². The van der Waals surface area contributed by atoms with Gasteiger partial charge in [-0.2, -0.15) is 0 Å². The summed E-state index contributed by atoms with van der Waals surface area (Å²) in [6.07, 6.45) is 5.92. The van der Waals surface area contributed by atoms with Crippen molar-refractivity contribution in [2.24, 2.45) is 0 Å². The molecule has 1 aliphatic rings. The largest absolute Gasteiger partial charge is 0.352 e. The Kier molecular flexibility index (Phi) is 5.33. The molecule has 1 atom stereocenters. The number of H-pyrrole nitrogens is 1. The Morgan fingerprint density at radius 1 is 1.24 bits per heavy atom. The molecule has 2 N–H and O–H groups in total. The van der Waals surface area contributed by atoms with Gasteiger partial charge in [-0.3, -0.25) is 14.6 Å². The zero-order valence-corrected chi connectivity index (χ0v) is 15.6. The number of rotatable bonds is 5. The molecule has 1 aliphatic heterocycles. The Labute approximate surface area is 167 Å². The third-order valence-electron chi connectivity index (χ3n) is 4.98. The van der Waals surface area contributed by atoms with Crippen molar-refractivity contribution in [3.63, 3.8) is 0 Å². The number of fused-ring (bicyclic) bond motifs is 1. The van der Waals surface area contributed by atoms with Crippen molar-refractivity contribution in [1.82, 2.24) is 25.2 Å². The van der Waals surface area contributed by atoms with E-state index in [0.29, 0.717) is 18.5 Å². The lowest BCUT2D eigenvalue weighted by Gasteiger charge is -2.35. The maximum Gasteiger partial charge on any atom is 0.251 e. The third kappa shape index (κ3) is 4.01. The quantitative estimate of drug-likeness (QED) is 0.696. The van der Waals surface area contributed by atoms with Crippen molar-refractivity contribution in [3.8, 4) is 0 Å². The molecule has 148 valence electrons. The first-order valence-electron chi connectivity index (χ1n) is 9.39. The van der Waals surface area contributed by atoms with Crippen molar-refractivity contribution in [3.05, 3.63) is 83.5 Å². The molecule has 0 saturated carbocycles. The maximum atomic E-state index is 13.0. The first-order valence-corrected chi connectivity index (χ1v) is 9.39. The molecular weight excluding hydrogens is 373 g/mol. The minimum absolute atomic E-state index is 0.0769. The Balaban J connectivity index is 1.43. The van der Waals surface area contributed by atoms with E-state index in [1.54, 1.807) is 23.6 Å². The summed E-state index contributed by atoms with van der Waals surface area (Å²) >= 11 is 0. The number of imidazole rings is 1. The number of amides is 2. The number of benzene rings is 1. The van der Waals surface area contributed by atoms with Crippen LogP contribution >= 0.6 is 0 Å². The zero-order valence-electron chi connectivity index (χ0n) is 15.6. The fourth-order valence-electron chi connectivity index (χ4n) is 3.55. The summed E-state index contributed by atoms with van der Waals surface area (Å²) in [5.41, 5.74) is 3.09. The Bertz CT molecular complexity index is 1000. The summed E-state index contributed by atoms with van der Waals surface area (Å²) < 4.78 is 13.0. The predicted molar refractivity (Wildman–Crippen MR) is 103 cm³/mol. The standard InChI is InChI=1S/C21H20FN5O2/c22-16-5-3-14(4-6-16)21(29)24-10-7-18(28)27-11-8-17-19(26-13-25-17)20(27)15-2-1-9-23-12-15/h1-6,9,12-13,20H,7-8,10-11H2,(H,24,29)(H,25,26). The van der Waals surface area contributed by atoms with E-state index in [9.17, 15) is 14.0 Å². The van der Waals surface area contributed by atoms with Crippen molar-refractivity contribution in [1.29, 1.82) is 0 Å². The van der Waals surface area contributed by atoms with Crippen LogP contribution in [0, 0.1) is 5.82 Å². The highest BCUT2D eigenvalue weighted by Gasteiger charge is 2.33. The van der Waals surface area contributed by atoms with Gasteiger partial charge >= 0.3 is 0 Å². The van der Waals surface area contributed by atoms with E-state index in [1.165, 1.54) is 24.3 Å². The first-order chi connectivity index (χ1) is 14.1. The molecule has 7 nitrogen and oxygen atoms in total. The summed E-state index contributed by atoms with van der Waals surface area (Å²) in [6, 6.07) is 8.74. The van der Waals surface area contributed by atoms with Gasteiger partial charge in [0.1, 0.15) is 11.9 Å². The third-order valence-corrected chi connectivity index (χ3v) is 4.98. The molecular formula is C21H20FN5O2. The van der Waals surface area contributed by atoms with Crippen molar-refractivity contribution >= 4 is 11.8 Å². The van der Waals surface area contributed by atoms with E-state index in [2.05, 4.69) is 20.3 Å². The van der Waals surface area contributed by atoms with Crippen LogP contribution in [0.3, 0.4) is 0 Å². The second kappa shape index (κ2) is 8.22. The topological polar surface area (TPSA) is 91.0 Å². The highest BCUT2D eigenvalue weighted by atomic mass is 19.1. The van der Waals surface area contributed by atoms with E-state index in [4.69, 9.17) is 0 Å². The Hall–Kier alpha value is -3.55. The molecule has 1 aromatic carbocycles. The minimum Gasteiger partial charge on any atom is -0.352 e. The number of hydrogen-bond acceptors (Lipinski definition) is 4. The number of carbonyl (C=O) groups is 2. The predicted octanol–water partition coefficient (Wildman–Crippen LogP) is 2.24. The zero-order chi connectivity index (χ0) is 20.2. The molecule has 29 heavy (non-hydrogen) atoms. The number of pyridine rings is 1. The number of nitrogens with zero attached hydrogens (tertiary/aromatic N) is 3. The van der Waals surface area contributed by atoms with Crippen LogP contribution < -0.4 is 5.32 Å². The van der Waals surface area contributed by atoms with Crippen LogP contribution in [0.25, 0.3) is 0 Å². The smallest absolute Gasteiger partial charge is 0.251 e. The number of hydrogen-bond donors (Lipinski definition) is 2. The van der Waals surface area contributed by atoms with Gasteiger partial charge in [-0.05, 0) is 35.9 Å². The molecule has 0 radical (unpaired) electrons. The van der Waals surface area contributed by atoms with Crippen LogP contribution in [0.5, 0.6) is 0 Å². The van der Waals surface area contributed by atoms with Gasteiger partial charge in [0.15, 0.2) is 0 Å². The van der Waals surface area contributed by atoms with E-state index >= 15 is 0 Å². The van der Waals surface area contributed by atoms with Crippen LogP contribution in [0.1, 0.15) is 39.8 Å². The normalized spacial score (nSPS) is 15.6. The molecule has 2 aromatic heterocycles. The molecule has 0 aliphatic carbocycles. The Morgan fingerprint density at radius 3 is 2.83 bits per heavy atom. The van der Waals surface area contributed by atoms with Gasteiger partial charge in [-0.15, -0.1) is 0 Å². The lowest BCUT2D eigenvalue weighted by Crippen LogP contribution is -2.42. The van der Waals surface area contributed by atoms with Gasteiger partial charge in [0.2, 0.25) is 5.91 Å². The molecule has 0 fully saturated rings. The maximum absolute atomic E-state index is 13.0. The van der Waals surface area contributed by atoms with Crippen molar-refractivity contribution < 1.29 is 14.0 Å². The average molecular weight is 393 g/mol. The van der Waals surface area contributed by atoms with E-state index in [-0.39, 0.29) is 30.8 Å². The van der Waals surface area contributed by atoms with Gasteiger partial charge in [-0.1, -0.05) is 6.07 Å². The first kappa shape index (κ1) is 18.8. The SMILES string of the molecule is O=C(NCCC(=O)N1CCc2[nH]cnc2C1c1cccnc1)c1ccc(F)cc1. The number of aromatic amines is 1. The summed E-state index contributed by atoms with van der Waals surface area (Å²) in [7, 11) is 0. The Morgan fingerprint density at radius 2 is 2.07 bits per heavy atom. The summed E-state index contributed by atoms with van der Waals surface area (Å²) in [5, 5.41) is 2.71. The molecule has 0 spiro atoms. The van der Waals surface area contributed by atoms with E-state index < -0.39 is 5.82 Å². The fraction of sp³-hybridized carbons (Fsp3) is 0.238. The van der Waals surface area contributed by atoms with E-state index in [0.717, 1.165) is 17.0 Å². The molecule has 2 amide bonds. The van der Waals surface area contributed by atoms with Crippen LogP contribution in [-0.4, -0.2) is 44.8 Å². The molecule has 3 aromatic rings. The number of nitrogens with one attached hydrogen (secondary N) is 2. The molecule has 4 rings (SSSR count). The number of aromatic nitrogens is 3. The van der Waals surface area contributed by atoms with Crippen LogP contribution in [0.15, 0.2) is 55.1 Å². The lowest BCUT2D eigenvalue weighted by atomic mass is 9.96. The highest BCUT2D eigenvalue weighted by Crippen LogP contribution is 2.33. The summed E-state index contributed by atoms with van der Waals surface area (Å²) in [5.74, 6) is -0.817. The van der Waals surface area contributed by atoms with Crippen LogP contribution in [-0.2, 0) is 11.2 Å². The van der Waals surface area contributed by atoms with Crippen LogP contribution in [0.2, 0.25) is 0 Å². The van der Waals surface area contributed by atoms with Crippen molar-refractivity contribution in [2.45, 2.75) is 18.9 Å². The highest BCUT2D eigenvalue weighted by molar-refractivity contribution is 5.94. The second-order valence-electron chi connectivity index (χ2n) is 6.81. The fourth-order valence-corrected chi connectivity index (χ4v) is 3.55. The summed E-state index contributed by atoms with van der Waals surface area (Å²) in [4.78, 5) is 38.6. The van der Waals surface area contributed by atoms with Gasteiger partial charge < -0.3 is 15.2 Å². The number of carbonyl (C=O) groups excluding carboxylic acids is 2. The molecule has 0 bridgehead atoms. The lowest BCUT2D eigenvalue weighted by molar-refractivity contribution is -0.133. The van der Waals surface area contributed by atoms with Gasteiger partial charge in [0, 0.05) is 49.6 Å². The summed E-state index contributed by atoms with van der Waals surface area (Å²) in [6.45, 7) is 0.748.